The zero-order valence-corrected chi connectivity index (χ0v) is 9.91. The Bertz CT molecular complexity index is 507. The van der Waals surface area contributed by atoms with Gasteiger partial charge in [-0.15, -0.1) is 0 Å². The molecule has 3 nitrogen and oxygen atoms in total. The molecule has 0 bridgehead atoms. The number of nitrogens with zero attached hydrogens (tertiary/aromatic N) is 1. The Morgan fingerprint density at radius 1 is 1.50 bits per heavy atom. The van der Waals surface area contributed by atoms with Crippen molar-refractivity contribution in [1.29, 1.82) is 0 Å². The molecular weight excluding hydrogens is 224 g/mol. The second-order valence-corrected chi connectivity index (χ2v) is 4.39. The SMILES string of the molecule is Cn1cc([C@@H](O)CCN)c2ccc(Cl)cc21. The Kier molecular flexibility index (Phi) is 3.19. The number of aryl methyl sites for hydroxylation is 1. The third kappa shape index (κ3) is 1.94. The van der Waals surface area contributed by atoms with Crippen LogP contribution in [0.1, 0.15) is 18.1 Å². The van der Waals surface area contributed by atoms with E-state index in [0.29, 0.717) is 18.0 Å². The molecule has 0 spiro atoms. The number of nitrogens with two attached hydrogens (primary N) is 1. The molecule has 0 unspecified atom stereocenters. The highest BCUT2D eigenvalue weighted by molar-refractivity contribution is 6.31. The molecule has 1 aromatic heterocycles. The number of fused-ring (bicyclic) bond motifs is 1. The molecule has 2 rings (SSSR count). The highest BCUT2D eigenvalue weighted by Crippen LogP contribution is 2.29. The average molecular weight is 239 g/mol. The molecule has 86 valence electrons. The van der Waals surface area contributed by atoms with E-state index in [2.05, 4.69) is 0 Å². The van der Waals surface area contributed by atoms with Crippen LogP contribution in [0.3, 0.4) is 0 Å². The lowest BCUT2D eigenvalue weighted by molar-refractivity contribution is 0.171. The van der Waals surface area contributed by atoms with Crippen molar-refractivity contribution in [1.82, 2.24) is 4.57 Å². The first-order valence-electron chi connectivity index (χ1n) is 5.26. The third-order valence-corrected chi connectivity index (χ3v) is 3.02. The molecule has 4 heteroatoms. The van der Waals surface area contributed by atoms with E-state index in [1.807, 2.05) is 36.0 Å². The highest BCUT2D eigenvalue weighted by atomic mass is 35.5. The summed E-state index contributed by atoms with van der Waals surface area (Å²) in [5, 5.41) is 11.7. The minimum atomic E-state index is -0.505. The lowest BCUT2D eigenvalue weighted by Gasteiger charge is -2.07. The van der Waals surface area contributed by atoms with E-state index in [4.69, 9.17) is 17.3 Å². The van der Waals surface area contributed by atoms with Crippen molar-refractivity contribution in [3.8, 4) is 0 Å². The van der Waals surface area contributed by atoms with Gasteiger partial charge >= 0.3 is 0 Å². The van der Waals surface area contributed by atoms with Gasteiger partial charge in [-0.2, -0.15) is 0 Å². The summed E-state index contributed by atoms with van der Waals surface area (Å²) in [5.74, 6) is 0. The number of aliphatic hydroxyl groups is 1. The lowest BCUT2D eigenvalue weighted by atomic mass is 10.1. The van der Waals surface area contributed by atoms with Crippen LogP contribution in [-0.2, 0) is 7.05 Å². The molecule has 2 aromatic rings. The lowest BCUT2D eigenvalue weighted by Crippen LogP contribution is -2.06. The zero-order chi connectivity index (χ0) is 11.7. The maximum atomic E-state index is 9.97. The van der Waals surface area contributed by atoms with Crippen LogP contribution in [-0.4, -0.2) is 16.2 Å². The Hall–Kier alpha value is -1.03. The molecule has 0 radical (unpaired) electrons. The number of benzene rings is 1. The minimum absolute atomic E-state index is 0.477. The number of hydrogen-bond donors (Lipinski definition) is 2. The van der Waals surface area contributed by atoms with Gasteiger partial charge in [0, 0.05) is 34.7 Å². The predicted octanol–water partition coefficient (Wildman–Crippen LogP) is 2.21. The van der Waals surface area contributed by atoms with Gasteiger partial charge in [0.1, 0.15) is 0 Å². The van der Waals surface area contributed by atoms with Crippen molar-refractivity contribution in [2.45, 2.75) is 12.5 Å². The highest BCUT2D eigenvalue weighted by Gasteiger charge is 2.13. The Morgan fingerprint density at radius 3 is 2.94 bits per heavy atom. The predicted molar refractivity (Wildman–Crippen MR) is 66.6 cm³/mol. The number of rotatable bonds is 3. The van der Waals surface area contributed by atoms with Gasteiger partial charge in [0.2, 0.25) is 0 Å². The van der Waals surface area contributed by atoms with Gasteiger partial charge < -0.3 is 15.4 Å². The Labute approximate surface area is 99.4 Å². The normalized spacial score (nSPS) is 13.2. The summed E-state index contributed by atoms with van der Waals surface area (Å²) in [6.07, 6.45) is 2.00. The molecule has 0 aliphatic carbocycles. The van der Waals surface area contributed by atoms with Crippen molar-refractivity contribution >= 4 is 22.5 Å². The fourth-order valence-electron chi connectivity index (χ4n) is 1.97. The number of aromatic nitrogens is 1. The molecule has 16 heavy (non-hydrogen) atoms. The summed E-state index contributed by atoms with van der Waals surface area (Å²) in [6, 6.07) is 5.67. The van der Waals surface area contributed by atoms with Crippen molar-refractivity contribution in [3.63, 3.8) is 0 Å². The standard InChI is InChI=1S/C12H15ClN2O/c1-15-7-10(12(16)4-5-14)9-3-2-8(13)6-11(9)15/h2-3,6-7,12,16H,4-5,14H2,1H3/t12-/m0/s1. The number of hydrogen-bond acceptors (Lipinski definition) is 2. The van der Waals surface area contributed by atoms with E-state index in [9.17, 15) is 5.11 Å². The van der Waals surface area contributed by atoms with E-state index in [0.717, 1.165) is 16.5 Å². The van der Waals surface area contributed by atoms with E-state index in [-0.39, 0.29) is 0 Å². The molecule has 1 heterocycles. The maximum Gasteiger partial charge on any atom is 0.0822 e. The first-order valence-corrected chi connectivity index (χ1v) is 5.64. The zero-order valence-electron chi connectivity index (χ0n) is 9.15. The minimum Gasteiger partial charge on any atom is -0.388 e. The van der Waals surface area contributed by atoms with Crippen LogP contribution in [0.15, 0.2) is 24.4 Å². The third-order valence-electron chi connectivity index (χ3n) is 2.78. The van der Waals surface area contributed by atoms with E-state index < -0.39 is 6.10 Å². The summed E-state index contributed by atoms with van der Waals surface area (Å²) in [4.78, 5) is 0. The van der Waals surface area contributed by atoms with Crippen LogP contribution in [0.4, 0.5) is 0 Å². The summed E-state index contributed by atoms with van der Waals surface area (Å²) >= 11 is 5.94. The largest absolute Gasteiger partial charge is 0.388 e. The van der Waals surface area contributed by atoms with E-state index in [1.165, 1.54) is 0 Å². The van der Waals surface area contributed by atoms with Gasteiger partial charge in [0.05, 0.1) is 6.10 Å². The van der Waals surface area contributed by atoms with Crippen LogP contribution in [0.2, 0.25) is 5.02 Å². The van der Waals surface area contributed by atoms with Gasteiger partial charge in [-0.3, -0.25) is 0 Å². The van der Waals surface area contributed by atoms with Gasteiger partial charge in [-0.1, -0.05) is 17.7 Å². The van der Waals surface area contributed by atoms with Gasteiger partial charge in [-0.05, 0) is 25.1 Å². The molecule has 1 aromatic carbocycles. The van der Waals surface area contributed by atoms with Crippen LogP contribution < -0.4 is 5.73 Å². The second-order valence-electron chi connectivity index (χ2n) is 3.95. The van der Waals surface area contributed by atoms with E-state index in [1.54, 1.807) is 0 Å². The van der Waals surface area contributed by atoms with Crippen LogP contribution in [0, 0.1) is 0 Å². The fraction of sp³-hybridized carbons (Fsp3) is 0.333. The van der Waals surface area contributed by atoms with Crippen LogP contribution in [0.5, 0.6) is 0 Å². The summed E-state index contributed by atoms with van der Waals surface area (Å²) in [7, 11) is 1.94. The molecular formula is C12H15ClN2O. The molecule has 0 saturated heterocycles. The van der Waals surface area contributed by atoms with Crippen molar-refractivity contribution in [2.75, 3.05) is 6.54 Å². The molecule has 1 atom stereocenters. The molecule has 0 saturated carbocycles. The topological polar surface area (TPSA) is 51.2 Å². The second kappa shape index (κ2) is 4.45. The van der Waals surface area contributed by atoms with Crippen molar-refractivity contribution < 1.29 is 5.11 Å². The van der Waals surface area contributed by atoms with Crippen LogP contribution >= 0.6 is 11.6 Å². The Morgan fingerprint density at radius 2 is 2.25 bits per heavy atom. The van der Waals surface area contributed by atoms with Gasteiger partial charge in [0.15, 0.2) is 0 Å². The quantitative estimate of drug-likeness (QED) is 0.862. The Balaban J connectivity index is 2.55. The number of aliphatic hydroxyl groups excluding tert-OH is 1. The summed E-state index contributed by atoms with van der Waals surface area (Å²) in [5.41, 5.74) is 7.40. The monoisotopic (exact) mass is 238 g/mol. The average Bonchev–Trinajstić information content (AvgIpc) is 2.56. The van der Waals surface area contributed by atoms with Crippen molar-refractivity contribution in [3.05, 3.63) is 35.0 Å². The summed E-state index contributed by atoms with van der Waals surface area (Å²) in [6.45, 7) is 0.477. The molecule has 3 N–H and O–H groups in total. The van der Waals surface area contributed by atoms with Crippen molar-refractivity contribution in [2.24, 2.45) is 12.8 Å². The molecule has 0 aliphatic rings. The molecule has 0 amide bonds. The van der Waals surface area contributed by atoms with Crippen LogP contribution in [0.25, 0.3) is 10.9 Å². The first kappa shape index (κ1) is 11.5. The first-order chi connectivity index (χ1) is 7.63. The smallest absolute Gasteiger partial charge is 0.0822 e. The maximum absolute atomic E-state index is 9.97. The fourth-order valence-corrected chi connectivity index (χ4v) is 2.13. The van der Waals surface area contributed by atoms with E-state index >= 15 is 0 Å². The molecule has 0 aliphatic heterocycles. The molecule has 0 fully saturated rings. The summed E-state index contributed by atoms with van der Waals surface area (Å²) < 4.78 is 1.97. The van der Waals surface area contributed by atoms with Gasteiger partial charge in [0.25, 0.3) is 0 Å². The number of halogens is 1. The van der Waals surface area contributed by atoms with Gasteiger partial charge in [-0.25, -0.2) is 0 Å².